The SMILES string of the molecule is COCc1nn(CCO)c(N)c1-c1nc2ccccc2c(=O)[nH]1. The van der Waals surface area contributed by atoms with Crippen molar-refractivity contribution in [3.63, 3.8) is 0 Å². The van der Waals surface area contributed by atoms with Gasteiger partial charge in [-0.15, -0.1) is 0 Å². The Bertz CT molecular complexity index is 900. The molecule has 2 aromatic heterocycles. The number of aliphatic hydroxyl groups excluding tert-OH is 1. The van der Waals surface area contributed by atoms with Gasteiger partial charge in [0.15, 0.2) is 0 Å². The van der Waals surface area contributed by atoms with Crippen molar-refractivity contribution < 1.29 is 9.84 Å². The van der Waals surface area contributed by atoms with Gasteiger partial charge in [-0.2, -0.15) is 5.10 Å². The Balaban J connectivity index is 2.23. The van der Waals surface area contributed by atoms with Gasteiger partial charge < -0.3 is 20.6 Å². The Hall–Kier alpha value is -2.71. The molecule has 3 aromatic rings. The van der Waals surface area contributed by atoms with E-state index in [1.807, 2.05) is 6.07 Å². The molecule has 0 amide bonds. The van der Waals surface area contributed by atoms with Gasteiger partial charge in [-0.25, -0.2) is 9.67 Å². The van der Waals surface area contributed by atoms with E-state index >= 15 is 0 Å². The normalized spacial score (nSPS) is 11.2. The maximum absolute atomic E-state index is 12.3. The van der Waals surface area contributed by atoms with Gasteiger partial charge in [-0.1, -0.05) is 12.1 Å². The first-order chi connectivity index (χ1) is 11.2. The number of aromatic nitrogens is 4. The fourth-order valence-corrected chi connectivity index (χ4v) is 2.49. The number of nitrogens with two attached hydrogens (primary N) is 1. The predicted molar refractivity (Wildman–Crippen MR) is 85.8 cm³/mol. The van der Waals surface area contributed by atoms with E-state index < -0.39 is 0 Å². The molecule has 0 saturated heterocycles. The Labute approximate surface area is 131 Å². The lowest BCUT2D eigenvalue weighted by atomic mass is 10.2. The van der Waals surface area contributed by atoms with Gasteiger partial charge in [-0.3, -0.25) is 4.79 Å². The highest BCUT2D eigenvalue weighted by Gasteiger charge is 2.19. The Kier molecular flexibility index (Phi) is 4.09. The lowest BCUT2D eigenvalue weighted by Gasteiger charge is -2.05. The molecule has 0 spiro atoms. The van der Waals surface area contributed by atoms with Gasteiger partial charge in [-0.05, 0) is 12.1 Å². The maximum atomic E-state index is 12.3. The second kappa shape index (κ2) is 6.19. The molecule has 2 heterocycles. The van der Waals surface area contributed by atoms with E-state index in [1.54, 1.807) is 25.3 Å². The van der Waals surface area contributed by atoms with Crippen LogP contribution >= 0.6 is 0 Å². The zero-order valence-electron chi connectivity index (χ0n) is 12.6. The standard InChI is InChI=1S/C15H17N5O3/c1-23-8-11-12(13(16)20(19-11)6-7-21)14-17-10-5-3-2-4-9(10)15(22)18-14/h2-5,21H,6-8,16H2,1H3,(H,17,18,22). The summed E-state index contributed by atoms with van der Waals surface area (Å²) in [5, 5.41) is 13.9. The molecular formula is C15H17N5O3. The smallest absolute Gasteiger partial charge is 0.259 e. The van der Waals surface area contributed by atoms with Crippen LogP contribution in [0.2, 0.25) is 0 Å². The topological polar surface area (TPSA) is 119 Å². The summed E-state index contributed by atoms with van der Waals surface area (Å²) in [6.45, 7) is 0.369. The molecule has 0 aliphatic carbocycles. The molecule has 1 aromatic carbocycles. The van der Waals surface area contributed by atoms with E-state index in [1.165, 1.54) is 4.68 Å². The number of para-hydroxylation sites is 1. The summed E-state index contributed by atoms with van der Waals surface area (Å²) in [7, 11) is 1.54. The summed E-state index contributed by atoms with van der Waals surface area (Å²) in [6, 6.07) is 7.06. The number of H-pyrrole nitrogens is 1. The number of rotatable bonds is 5. The number of fused-ring (bicyclic) bond motifs is 1. The van der Waals surface area contributed by atoms with Crippen LogP contribution in [0.15, 0.2) is 29.1 Å². The number of hydrogen-bond acceptors (Lipinski definition) is 6. The van der Waals surface area contributed by atoms with Crippen LogP contribution in [0.3, 0.4) is 0 Å². The number of nitrogens with one attached hydrogen (secondary N) is 1. The minimum atomic E-state index is -0.247. The van der Waals surface area contributed by atoms with Gasteiger partial charge in [0.2, 0.25) is 0 Å². The van der Waals surface area contributed by atoms with Gasteiger partial charge >= 0.3 is 0 Å². The quantitative estimate of drug-likeness (QED) is 0.631. The molecule has 120 valence electrons. The first-order valence-corrected chi connectivity index (χ1v) is 7.10. The highest BCUT2D eigenvalue weighted by Crippen LogP contribution is 2.27. The summed E-state index contributed by atoms with van der Waals surface area (Å²) < 4.78 is 6.61. The number of methoxy groups -OCH3 is 1. The molecule has 0 atom stereocenters. The van der Waals surface area contributed by atoms with Crippen molar-refractivity contribution in [1.29, 1.82) is 0 Å². The summed E-state index contributed by atoms with van der Waals surface area (Å²) in [4.78, 5) is 19.5. The number of nitrogen functional groups attached to an aromatic ring is 1. The minimum absolute atomic E-state index is 0.0978. The van der Waals surface area contributed by atoms with Gasteiger partial charge in [0.05, 0.1) is 36.2 Å². The highest BCUT2D eigenvalue weighted by molar-refractivity contribution is 5.81. The number of nitrogens with zero attached hydrogens (tertiary/aromatic N) is 3. The molecule has 0 unspecified atom stereocenters. The van der Waals surface area contributed by atoms with Gasteiger partial charge in [0, 0.05) is 7.11 Å². The van der Waals surface area contributed by atoms with Crippen molar-refractivity contribution in [2.24, 2.45) is 0 Å². The van der Waals surface area contributed by atoms with E-state index in [4.69, 9.17) is 15.6 Å². The molecule has 8 nitrogen and oxygen atoms in total. The van der Waals surface area contributed by atoms with Crippen LogP contribution in [0.25, 0.3) is 22.3 Å². The number of anilines is 1. The third kappa shape index (κ3) is 2.69. The summed E-state index contributed by atoms with van der Waals surface area (Å²) in [5.74, 6) is 0.659. The summed E-state index contributed by atoms with van der Waals surface area (Å²) in [5.41, 5.74) is 7.51. The molecule has 8 heteroatoms. The first-order valence-electron chi connectivity index (χ1n) is 7.10. The predicted octanol–water partition coefficient (Wildman–Crippen LogP) is 0.508. The van der Waals surface area contributed by atoms with Crippen LogP contribution in [0.5, 0.6) is 0 Å². The number of hydrogen-bond donors (Lipinski definition) is 3. The van der Waals surface area contributed by atoms with Crippen molar-refractivity contribution in [3.05, 3.63) is 40.3 Å². The third-order valence-electron chi connectivity index (χ3n) is 3.51. The molecule has 23 heavy (non-hydrogen) atoms. The second-order valence-electron chi connectivity index (χ2n) is 5.02. The molecule has 0 aliphatic heterocycles. The zero-order chi connectivity index (χ0) is 16.4. The average Bonchev–Trinajstić information content (AvgIpc) is 2.84. The molecule has 0 aliphatic rings. The highest BCUT2D eigenvalue weighted by atomic mass is 16.5. The first kappa shape index (κ1) is 15.2. The molecular weight excluding hydrogens is 298 g/mol. The summed E-state index contributed by atoms with van der Waals surface area (Å²) >= 11 is 0. The van der Waals surface area contributed by atoms with Crippen LogP contribution in [-0.4, -0.2) is 38.6 Å². The molecule has 4 N–H and O–H groups in total. The number of aliphatic hydroxyl groups is 1. The van der Waals surface area contributed by atoms with E-state index in [0.29, 0.717) is 33.8 Å². The van der Waals surface area contributed by atoms with E-state index in [2.05, 4.69) is 15.1 Å². The van der Waals surface area contributed by atoms with Crippen molar-refractivity contribution in [1.82, 2.24) is 19.7 Å². The van der Waals surface area contributed by atoms with Crippen LogP contribution < -0.4 is 11.3 Å². The van der Waals surface area contributed by atoms with E-state index in [9.17, 15) is 4.79 Å². The maximum Gasteiger partial charge on any atom is 0.259 e. The van der Waals surface area contributed by atoms with E-state index in [-0.39, 0.29) is 25.3 Å². The van der Waals surface area contributed by atoms with Crippen LogP contribution in [0, 0.1) is 0 Å². The summed E-state index contributed by atoms with van der Waals surface area (Å²) in [6.07, 6.45) is 0. The molecule has 0 radical (unpaired) electrons. The van der Waals surface area contributed by atoms with Crippen molar-refractivity contribution >= 4 is 16.7 Å². The minimum Gasteiger partial charge on any atom is -0.394 e. The molecule has 0 bridgehead atoms. The van der Waals surface area contributed by atoms with Crippen molar-refractivity contribution in [2.75, 3.05) is 19.5 Å². The Morgan fingerprint density at radius 2 is 2.17 bits per heavy atom. The Morgan fingerprint density at radius 1 is 1.39 bits per heavy atom. The molecule has 0 fully saturated rings. The van der Waals surface area contributed by atoms with Crippen molar-refractivity contribution in [3.8, 4) is 11.4 Å². The average molecular weight is 315 g/mol. The lowest BCUT2D eigenvalue weighted by molar-refractivity contribution is 0.180. The molecule has 3 rings (SSSR count). The second-order valence-corrected chi connectivity index (χ2v) is 5.02. The molecule has 0 saturated carbocycles. The fourth-order valence-electron chi connectivity index (χ4n) is 2.49. The monoisotopic (exact) mass is 315 g/mol. The van der Waals surface area contributed by atoms with Crippen LogP contribution in [0.1, 0.15) is 5.69 Å². The third-order valence-corrected chi connectivity index (χ3v) is 3.51. The van der Waals surface area contributed by atoms with Crippen LogP contribution in [0.4, 0.5) is 5.82 Å². The number of ether oxygens (including phenoxy) is 1. The zero-order valence-corrected chi connectivity index (χ0v) is 12.6. The largest absolute Gasteiger partial charge is 0.394 e. The number of aromatic amines is 1. The van der Waals surface area contributed by atoms with E-state index in [0.717, 1.165) is 0 Å². The Morgan fingerprint density at radius 3 is 2.91 bits per heavy atom. The van der Waals surface area contributed by atoms with Crippen molar-refractivity contribution in [2.45, 2.75) is 13.2 Å². The number of benzene rings is 1. The van der Waals surface area contributed by atoms with Gasteiger partial charge in [0.25, 0.3) is 5.56 Å². The fraction of sp³-hybridized carbons (Fsp3) is 0.267. The lowest BCUT2D eigenvalue weighted by Crippen LogP contribution is -2.11. The van der Waals surface area contributed by atoms with Crippen LogP contribution in [-0.2, 0) is 17.9 Å². The van der Waals surface area contributed by atoms with Gasteiger partial charge in [0.1, 0.15) is 17.3 Å².